The fourth-order valence-electron chi connectivity index (χ4n) is 5.11. The summed E-state index contributed by atoms with van der Waals surface area (Å²) in [6.45, 7) is 5.97. The van der Waals surface area contributed by atoms with E-state index in [2.05, 4.69) is 6.58 Å². The van der Waals surface area contributed by atoms with Crippen LogP contribution in [0.25, 0.3) is 0 Å². The number of esters is 1. The first kappa shape index (κ1) is 11.9. The van der Waals surface area contributed by atoms with Crippen molar-refractivity contribution in [2.45, 2.75) is 37.3 Å². The summed E-state index contributed by atoms with van der Waals surface area (Å²) in [5.41, 5.74) is -2.12. The van der Waals surface area contributed by atoms with Crippen molar-refractivity contribution in [2.75, 3.05) is 6.61 Å². The van der Waals surface area contributed by atoms with Gasteiger partial charge in [-0.05, 0) is 18.8 Å². The number of aliphatic hydroxyl groups is 2. The molecule has 2 aliphatic carbocycles. The Labute approximate surface area is 111 Å². The van der Waals surface area contributed by atoms with Gasteiger partial charge in [0.05, 0.1) is 23.5 Å². The van der Waals surface area contributed by atoms with E-state index < -0.39 is 40.7 Å². The van der Waals surface area contributed by atoms with Gasteiger partial charge >= 0.3 is 5.97 Å². The van der Waals surface area contributed by atoms with Crippen molar-refractivity contribution in [1.29, 1.82) is 0 Å². The second kappa shape index (κ2) is 3.05. The molecule has 0 aromatic rings. The summed E-state index contributed by atoms with van der Waals surface area (Å²) < 4.78 is 11.0. The van der Waals surface area contributed by atoms with E-state index >= 15 is 0 Å². The molecule has 0 aromatic heterocycles. The molecular weight excluding hydrogens is 248 g/mol. The molecular formula is C14H18O5. The summed E-state index contributed by atoms with van der Waals surface area (Å²) in [5.74, 6) is -3.01. The van der Waals surface area contributed by atoms with Crippen molar-refractivity contribution >= 4 is 5.97 Å². The van der Waals surface area contributed by atoms with Crippen molar-refractivity contribution in [3.05, 3.63) is 12.7 Å². The Morgan fingerprint density at radius 2 is 2.21 bits per heavy atom. The Morgan fingerprint density at radius 1 is 1.47 bits per heavy atom. The number of rotatable bonds is 1. The summed E-state index contributed by atoms with van der Waals surface area (Å²) in [5, 5.41) is 22.2. The van der Waals surface area contributed by atoms with Crippen LogP contribution in [-0.2, 0) is 14.3 Å². The van der Waals surface area contributed by atoms with Crippen molar-refractivity contribution < 1.29 is 24.5 Å². The Morgan fingerprint density at radius 3 is 2.89 bits per heavy atom. The van der Waals surface area contributed by atoms with Crippen LogP contribution in [0.4, 0.5) is 0 Å². The third-order valence-corrected chi connectivity index (χ3v) is 6.24. The van der Waals surface area contributed by atoms with Crippen LogP contribution < -0.4 is 0 Å². The zero-order valence-corrected chi connectivity index (χ0v) is 10.8. The topological polar surface area (TPSA) is 76.0 Å². The van der Waals surface area contributed by atoms with E-state index in [0.717, 1.165) is 6.42 Å². The van der Waals surface area contributed by atoms with Gasteiger partial charge in [-0.2, -0.15) is 0 Å². The molecule has 0 amide bonds. The highest BCUT2D eigenvalue weighted by atomic mass is 16.7. The average Bonchev–Trinajstić information content (AvgIpc) is 2.93. The normalized spacial score (nSPS) is 61.9. The van der Waals surface area contributed by atoms with Crippen LogP contribution in [0.5, 0.6) is 0 Å². The monoisotopic (exact) mass is 266 g/mol. The minimum Gasteiger partial charge on any atom is -0.456 e. The van der Waals surface area contributed by atoms with E-state index in [-0.39, 0.29) is 5.92 Å². The van der Waals surface area contributed by atoms with E-state index in [0.29, 0.717) is 13.0 Å². The predicted molar refractivity (Wildman–Crippen MR) is 63.7 cm³/mol. The van der Waals surface area contributed by atoms with Crippen LogP contribution in [0.2, 0.25) is 0 Å². The second-order valence-electron chi connectivity index (χ2n) is 6.52. The quantitative estimate of drug-likeness (QED) is 0.524. The average molecular weight is 266 g/mol. The Kier molecular flexibility index (Phi) is 1.91. The van der Waals surface area contributed by atoms with Gasteiger partial charge in [0.15, 0.2) is 6.10 Å². The van der Waals surface area contributed by atoms with E-state index in [1.54, 1.807) is 6.08 Å². The van der Waals surface area contributed by atoms with Crippen molar-refractivity contribution in [3.63, 3.8) is 0 Å². The van der Waals surface area contributed by atoms with Crippen LogP contribution in [-0.4, -0.2) is 40.3 Å². The van der Waals surface area contributed by atoms with Crippen LogP contribution in [0, 0.1) is 23.2 Å². The third-order valence-electron chi connectivity index (χ3n) is 6.24. The molecule has 2 heterocycles. The molecule has 4 fully saturated rings. The number of carbonyl (C=O) groups is 1. The molecule has 4 rings (SSSR count). The Bertz CT molecular complexity index is 490. The smallest absolute Gasteiger partial charge is 0.313 e. The number of hydrogen-bond donors (Lipinski definition) is 2. The number of fused-ring (bicyclic) bond motifs is 4. The molecule has 19 heavy (non-hydrogen) atoms. The van der Waals surface area contributed by atoms with Gasteiger partial charge in [0.2, 0.25) is 5.79 Å². The molecule has 7 atom stereocenters. The number of hydrogen-bond acceptors (Lipinski definition) is 5. The fraction of sp³-hybridized carbons (Fsp3) is 0.786. The molecule has 0 spiro atoms. The highest BCUT2D eigenvalue weighted by Crippen LogP contribution is 2.70. The molecule has 2 saturated carbocycles. The van der Waals surface area contributed by atoms with Crippen molar-refractivity contribution in [2.24, 2.45) is 23.2 Å². The van der Waals surface area contributed by atoms with E-state index in [1.165, 1.54) is 0 Å². The summed E-state index contributed by atoms with van der Waals surface area (Å²) >= 11 is 0. The lowest BCUT2D eigenvalue weighted by atomic mass is 9.53. The zero-order chi connectivity index (χ0) is 13.6. The number of ether oxygens (including phenoxy) is 2. The third kappa shape index (κ3) is 0.919. The standard InChI is InChI=1S/C14H18O5/c1-3-8-9-11(15)19-10(8)14(17)12(2)7(6-18-14)4-5-13(9,12)16/h3,7-10,16-17H,1,4-6H2,2H3/t7-,8+,9-,10-,12-,13-,14-/m1/s1. The van der Waals surface area contributed by atoms with Gasteiger partial charge in [-0.25, -0.2) is 0 Å². The van der Waals surface area contributed by atoms with Gasteiger partial charge in [0, 0.05) is 5.92 Å². The first-order valence-corrected chi connectivity index (χ1v) is 6.82. The highest BCUT2D eigenvalue weighted by Gasteiger charge is 2.83. The summed E-state index contributed by atoms with van der Waals surface area (Å²) in [6.07, 6.45) is 2.10. The van der Waals surface area contributed by atoms with Gasteiger partial charge in [0.1, 0.15) is 0 Å². The predicted octanol–water partition coefficient (Wildman–Crippen LogP) is 0.210. The molecule has 0 radical (unpaired) electrons. The molecule has 0 aromatic carbocycles. The van der Waals surface area contributed by atoms with Crippen LogP contribution in [0.15, 0.2) is 12.7 Å². The molecule has 0 unspecified atom stereocenters. The van der Waals surface area contributed by atoms with E-state index in [4.69, 9.17) is 9.47 Å². The minimum absolute atomic E-state index is 0.0627. The van der Waals surface area contributed by atoms with E-state index in [9.17, 15) is 15.0 Å². The van der Waals surface area contributed by atoms with Gasteiger partial charge in [0.25, 0.3) is 0 Å². The summed E-state index contributed by atoms with van der Waals surface area (Å²) in [7, 11) is 0. The first-order chi connectivity index (χ1) is 8.90. The van der Waals surface area contributed by atoms with Crippen molar-refractivity contribution in [3.8, 4) is 0 Å². The highest BCUT2D eigenvalue weighted by molar-refractivity contribution is 5.79. The molecule has 5 nitrogen and oxygen atoms in total. The number of carbonyl (C=O) groups excluding carboxylic acids is 1. The van der Waals surface area contributed by atoms with Gasteiger partial charge in [-0.3, -0.25) is 4.79 Å². The first-order valence-electron chi connectivity index (χ1n) is 6.82. The molecule has 2 N–H and O–H groups in total. The molecule has 4 aliphatic rings. The second-order valence-corrected chi connectivity index (χ2v) is 6.52. The van der Waals surface area contributed by atoms with Gasteiger partial charge in [-0.15, -0.1) is 6.58 Å². The summed E-state index contributed by atoms with van der Waals surface area (Å²) in [6, 6.07) is 0. The maximum absolute atomic E-state index is 12.1. The van der Waals surface area contributed by atoms with Crippen molar-refractivity contribution in [1.82, 2.24) is 0 Å². The maximum Gasteiger partial charge on any atom is 0.313 e. The SMILES string of the molecule is C=C[C@@H]1[C@H]2OC(=O)[C@@H]1[C@]1(O)CC[C@@H]3CO[C@@]2(O)[C@]31C. The molecule has 104 valence electrons. The lowest BCUT2D eigenvalue weighted by Crippen LogP contribution is -2.70. The van der Waals surface area contributed by atoms with Gasteiger partial charge in [-0.1, -0.05) is 13.0 Å². The van der Waals surface area contributed by atoms with Crippen LogP contribution >= 0.6 is 0 Å². The molecule has 2 saturated heterocycles. The Balaban J connectivity index is 1.99. The zero-order valence-electron chi connectivity index (χ0n) is 10.8. The Hall–Kier alpha value is -0.910. The maximum atomic E-state index is 12.1. The van der Waals surface area contributed by atoms with Gasteiger partial charge < -0.3 is 19.7 Å². The fourth-order valence-corrected chi connectivity index (χ4v) is 5.11. The van der Waals surface area contributed by atoms with Crippen LogP contribution in [0.3, 0.4) is 0 Å². The lowest BCUT2D eigenvalue weighted by Gasteiger charge is -2.54. The van der Waals surface area contributed by atoms with Crippen LogP contribution in [0.1, 0.15) is 19.8 Å². The molecule has 2 aliphatic heterocycles. The summed E-state index contributed by atoms with van der Waals surface area (Å²) in [4.78, 5) is 12.1. The molecule has 2 bridgehead atoms. The molecule has 5 heteroatoms. The van der Waals surface area contributed by atoms with E-state index in [1.807, 2.05) is 6.92 Å². The lowest BCUT2D eigenvalue weighted by molar-refractivity contribution is -0.326. The minimum atomic E-state index is -1.61. The largest absolute Gasteiger partial charge is 0.456 e.